The Hall–Kier alpha value is -0.540. The van der Waals surface area contributed by atoms with Gasteiger partial charge in [-0.3, -0.25) is 0 Å². The van der Waals surface area contributed by atoms with Crippen molar-refractivity contribution in [2.24, 2.45) is 5.41 Å². The molecule has 1 aromatic carbocycles. The Morgan fingerprint density at radius 2 is 2.28 bits per heavy atom. The average molecular weight is 313 g/mol. The first-order chi connectivity index (χ1) is 8.69. The molecule has 3 heteroatoms. The summed E-state index contributed by atoms with van der Waals surface area (Å²) in [6.07, 6.45) is 3.39. The maximum Gasteiger partial charge on any atom is 0.122 e. The van der Waals surface area contributed by atoms with Crippen molar-refractivity contribution in [1.29, 1.82) is 0 Å². The average Bonchev–Trinajstić information content (AvgIpc) is 2.40. The Balaban J connectivity index is 2.23. The molecule has 1 fully saturated rings. The molecule has 1 atom stereocenters. The van der Waals surface area contributed by atoms with Crippen LogP contribution in [0.25, 0.3) is 0 Å². The van der Waals surface area contributed by atoms with Crippen LogP contribution in [0.4, 0.5) is 0 Å². The first kappa shape index (κ1) is 13.9. The third-order valence-corrected chi connectivity index (χ3v) is 4.88. The SMILES string of the molecule is COc1ccc(C)cc1CC1(CBr)CCCOC1. The second kappa shape index (κ2) is 6.07. The second-order valence-corrected chi connectivity index (χ2v) is 5.84. The van der Waals surface area contributed by atoms with Crippen LogP contribution >= 0.6 is 15.9 Å². The van der Waals surface area contributed by atoms with Crippen LogP contribution in [-0.2, 0) is 11.2 Å². The molecular weight excluding hydrogens is 292 g/mol. The Kier molecular flexibility index (Phi) is 4.68. The molecule has 1 aromatic rings. The van der Waals surface area contributed by atoms with Crippen molar-refractivity contribution in [3.63, 3.8) is 0 Å². The number of hydrogen-bond donors (Lipinski definition) is 0. The highest BCUT2D eigenvalue weighted by atomic mass is 79.9. The van der Waals surface area contributed by atoms with E-state index in [2.05, 4.69) is 41.1 Å². The molecule has 0 radical (unpaired) electrons. The third-order valence-electron chi connectivity index (χ3n) is 3.69. The van der Waals surface area contributed by atoms with Crippen LogP contribution in [0.5, 0.6) is 5.75 Å². The van der Waals surface area contributed by atoms with Gasteiger partial charge in [0.1, 0.15) is 5.75 Å². The standard InChI is InChI=1S/C15H21BrO2/c1-12-4-5-14(17-2)13(8-12)9-15(10-16)6-3-7-18-11-15/h4-5,8H,3,6-7,9-11H2,1-2H3. The predicted octanol–water partition coefficient (Wildman–Crippen LogP) is 3.74. The summed E-state index contributed by atoms with van der Waals surface area (Å²) in [5.41, 5.74) is 2.80. The van der Waals surface area contributed by atoms with Gasteiger partial charge in [-0.15, -0.1) is 0 Å². The Morgan fingerprint density at radius 3 is 2.89 bits per heavy atom. The summed E-state index contributed by atoms with van der Waals surface area (Å²) in [6, 6.07) is 6.40. The van der Waals surface area contributed by atoms with Gasteiger partial charge in [-0.2, -0.15) is 0 Å². The normalized spacial score (nSPS) is 23.9. The van der Waals surface area contributed by atoms with Gasteiger partial charge in [-0.1, -0.05) is 33.6 Å². The second-order valence-electron chi connectivity index (χ2n) is 5.28. The number of benzene rings is 1. The van der Waals surface area contributed by atoms with Gasteiger partial charge in [0.25, 0.3) is 0 Å². The smallest absolute Gasteiger partial charge is 0.122 e. The van der Waals surface area contributed by atoms with Crippen LogP contribution in [0.1, 0.15) is 24.0 Å². The van der Waals surface area contributed by atoms with Crippen LogP contribution in [-0.4, -0.2) is 25.7 Å². The number of methoxy groups -OCH3 is 1. The van der Waals surface area contributed by atoms with Gasteiger partial charge >= 0.3 is 0 Å². The van der Waals surface area contributed by atoms with E-state index in [0.29, 0.717) is 0 Å². The number of ether oxygens (including phenoxy) is 2. The van der Waals surface area contributed by atoms with E-state index >= 15 is 0 Å². The van der Waals surface area contributed by atoms with E-state index < -0.39 is 0 Å². The molecule has 1 aliphatic rings. The Bertz CT molecular complexity index is 397. The molecule has 0 amide bonds. The quantitative estimate of drug-likeness (QED) is 0.789. The van der Waals surface area contributed by atoms with E-state index in [9.17, 15) is 0 Å². The molecule has 0 saturated carbocycles. The molecule has 2 rings (SSSR count). The van der Waals surface area contributed by atoms with Gasteiger partial charge in [-0.05, 0) is 37.8 Å². The molecule has 2 nitrogen and oxygen atoms in total. The number of rotatable bonds is 4. The fraction of sp³-hybridized carbons (Fsp3) is 0.600. The van der Waals surface area contributed by atoms with Gasteiger partial charge in [-0.25, -0.2) is 0 Å². The van der Waals surface area contributed by atoms with E-state index in [1.54, 1.807) is 7.11 Å². The molecule has 100 valence electrons. The number of halogens is 1. The highest BCUT2D eigenvalue weighted by Crippen LogP contribution is 2.37. The fourth-order valence-corrected chi connectivity index (χ4v) is 3.29. The molecule has 1 aliphatic heterocycles. The fourth-order valence-electron chi connectivity index (χ4n) is 2.65. The minimum atomic E-state index is 0.222. The van der Waals surface area contributed by atoms with Crippen molar-refractivity contribution in [3.05, 3.63) is 29.3 Å². The number of alkyl halides is 1. The van der Waals surface area contributed by atoms with Gasteiger partial charge in [0.15, 0.2) is 0 Å². The van der Waals surface area contributed by atoms with E-state index in [1.807, 2.05) is 0 Å². The van der Waals surface area contributed by atoms with Gasteiger partial charge in [0.05, 0.1) is 13.7 Å². The minimum Gasteiger partial charge on any atom is -0.496 e. The highest BCUT2D eigenvalue weighted by Gasteiger charge is 2.32. The monoisotopic (exact) mass is 312 g/mol. The number of aryl methyl sites for hydroxylation is 1. The molecule has 1 heterocycles. The minimum absolute atomic E-state index is 0.222. The lowest BCUT2D eigenvalue weighted by Crippen LogP contribution is -2.35. The van der Waals surface area contributed by atoms with Crippen LogP contribution in [0, 0.1) is 12.3 Å². The van der Waals surface area contributed by atoms with Crippen molar-refractivity contribution in [3.8, 4) is 5.75 Å². The van der Waals surface area contributed by atoms with Crippen molar-refractivity contribution in [2.45, 2.75) is 26.2 Å². The van der Waals surface area contributed by atoms with Crippen molar-refractivity contribution >= 4 is 15.9 Å². The summed E-state index contributed by atoms with van der Waals surface area (Å²) in [6.45, 7) is 3.87. The first-order valence-electron chi connectivity index (χ1n) is 6.46. The van der Waals surface area contributed by atoms with Crippen LogP contribution < -0.4 is 4.74 Å². The molecule has 0 aliphatic carbocycles. The van der Waals surface area contributed by atoms with E-state index in [-0.39, 0.29) is 5.41 Å². The maximum atomic E-state index is 5.68. The van der Waals surface area contributed by atoms with Crippen LogP contribution in [0.2, 0.25) is 0 Å². The molecular formula is C15H21BrO2. The summed E-state index contributed by atoms with van der Waals surface area (Å²) in [5, 5.41) is 0.983. The summed E-state index contributed by atoms with van der Waals surface area (Å²) >= 11 is 3.67. The summed E-state index contributed by atoms with van der Waals surface area (Å²) in [7, 11) is 1.74. The van der Waals surface area contributed by atoms with Crippen molar-refractivity contribution in [2.75, 3.05) is 25.7 Å². The maximum absolute atomic E-state index is 5.68. The molecule has 0 N–H and O–H groups in total. The van der Waals surface area contributed by atoms with Gasteiger partial charge < -0.3 is 9.47 Å². The molecule has 0 spiro atoms. The Labute approximate surface area is 118 Å². The topological polar surface area (TPSA) is 18.5 Å². The molecule has 1 unspecified atom stereocenters. The van der Waals surface area contributed by atoms with Crippen molar-refractivity contribution < 1.29 is 9.47 Å². The first-order valence-corrected chi connectivity index (χ1v) is 7.58. The van der Waals surface area contributed by atoms with E-state index in [1.165, 1.54) is 17.5 Å². The molecule has 18 heavy (non-hydrogen) atoms. The predicted molar refractivity (Wildman–Crippen MR) is 77.7 cm³/mol. The van der Waals surface area contributed by atoms with Crippen LogP contribution in [0.3, 0.4) is 0 Å². The zero-order valence-corrected chi connectivity index (χ0v) is 12.8. The molecule has 0 aromatic heterocycles. The zero-order valence-electron chi connectivity index (χ0n) is 11.2. The van der Waals surface area contributed by atoms with Gasteiger partial charge in [0.2, 0.25) is 0 Å². The summed E-state index contributed by atoms with van der Waals surface area (Å²) in [5.74, 6) is 0.992. The summed E-state index contributed by atoms with van der Waals surface area (Å²) in [4.78, 5) is 0. The van der Waals surface area contributed by atoms with Gasteiger partial charge in [0, 0.05) is 17.4 Å². The highest BCUT2D eigenvalue weighted by molar-refractivity contribution is 9.09. The lowest BCUT2D eigenvalue weighted by molar-refractivity contribution is 0.00591. The van der Waals surface area contributed by atoms with E-state index in [4.69, 9.17) is 9.47 Å². The lowest BCUT2D eigenvalue weighted by atomic mass is 9.79. The Morgan fingerprint density at radius 1 is 1.44 bits per heavy atom. The van der Waals surface area contributed by atoms with E-state index in [0.717, 1.165) is 37.1 Å². The number of hydrogen-bond acceptors (Lipinski definition) is 2. The molecule has 0 bridgehead atoms. The molecule has 1 saturated heterocycles. The van der Waals surface area contributed by atoms with Crippen LogP contribution in [0.15, 0.2) is 18.2 Å². The van der Waals surface area contributed by atoms with Crippen molar-refractivity contribution in [1.82, 2.24) is 0 Å². The largest absolute Gasteiger partial charge is 0.496 e. The third kappa shape index (κ3) is 3.07. The summed E-state index contributed by atoms with van der Waals surface area (Å²) < 4.78 is 11.2. The lowest BCUT2D eigenvalue weighted by Gasteiger charge is -2.36. The zero-order chi connectivity index (χ0) is 13.0.